The van der Waals surface area contributed by atoms with Crippen molar-refractivity contribution in [1.29, 1.82) is 0 Å². The molecule has 2 N–H and O–H groups in total. The lowest BCUT2D eigenvalue weighted by molar-refractivity contribution is -0.121. The zero-order valence-electron chi connectivity index (χ0n) is 18.7. The van der Waals surface area contributed by atoms with Crippen LogP contribution in [0.5, 0.6) is 0 Å². The van der Waals surface area contributed by atoms with Crippen molar-refractivity contribution in [2.75, 3.05) is 0 Å². The van der Waals surface area contributed by atoms with Gasteiger partial charge >= 0.3 is 0 Å². The highest BCUT2D eigenvalue weighted by atomic mass is 32.2. The van der Waals surface area contributed by atoms with Gasteiger partial charge in [-0.3, -0.25) is 9.59 Å². The predicted molar refractivity (Wildman–Crippen MR) is 125 cm³/mol. The van der Waals surface area contributed by atoms with Gasteiger partial charge in [0.25, 0.3) is 0 Å². The van der Waals surface area contributed by atoms with E-state index in [1.807, 2.05) is 26.8 Å². The van der Waals surface area contributed by atoms with Crippen LogP contribution in [-0.2, 0) is 16.1 Å². The second kappa shape index (κ2) is 15.5. The number of hydrogen-bond acceptors (Lipinski definition) is 4. The van der Waals surface area contributed by atoms with E-state index < -0.39 is 0 Å². The van der Waals surface area contributed by atoms with Gasteiger partial charge in [0.05, 0.1) is 5.25 Å². The Kier molecular flexibility index (Phi) is 14.3. The van der Waals surface area contributed by atoms with E-state index in [-0.39, 0.29) is 28.5 Å². The van der Waals surface area contributed by atoms with Crippen molar-refractivity contribution in [2.45, 2.75) is 59.8 Å². The van der Waals surface area contributed by atoms with Gasteiger partial charge in [-0.25, -0.2) is 4.39 Å². The van der Waals surface area contributed by atoms with Crippen molar-refractivity contribution in [3.63, 3.8) is 0 Å². The van der Waals surface area contributed by atoms with E-state index in [0.717, 1.165) is 12.0 Å². The maximum Gasteiger partial charge on any atom is 0.233 e. The number of thioether (sulfide) groups is 1. The Morgan fingerprint density at radius 1 is 1.33 bits per heavy atom. The largest absolute Gasteiger partial charge is 0.508 e. The molecule has 0 fully saturated rings. The van der Waals surface area contributed by atoms with Crippen LogP contribution >= 0.6 is 11.8 Å². The number of nitrogens with one attached hydrogen (secondary N) is 1. The maximum atomic E-state index is 13.0. The van der Waals surface area contributed by atoms with Crippen LogP contribution in [0.1, 0.15) is 53.5 Å². The van der Waals surface area contributed by atoms with Crippen molar-refractivity contribution in [3.8, 4) is 0 Å². The number of carbonyl (C=O) groups excluding carboxylic acids is 2. The Morgan fingerprint density at radius 3 is 2.53 bits per heavy atom. The molecule has 1 aromatic rings. The third-order valence-electron chi connectivity index (χ3n) is 3.77. The molecule has 0 saturated carbocycles. The van der Waals surface area contributed by atoms with Gasteiger partial charge in [0.2, 0.25) is 5.91 Å². The number of hydrogen-bond donors (Lipinski definition) is 2. The molecule has 0 saturated heterocycles. The van der Waals surface area contributed by atoms with Gasteiger partial charge in [-0.2, -0.15) is 0 Å². The summed E-state index contributed by atoms with van der Waals surface area (Å²) in [6.45, 7) is 11.7. The molecule has 1 aromatic carbocycles. The van der Waals surface area contributed by atoms with E-state index in [1.54, 1.807) is 30.8 Å². The van der Waals surface area contributed by atoms with Gasteiger partial charge in [0, 0.05) is 12.6 Å². The summed E-state index contributed by atoms with van der Waals surface area (Å²) < 4.78 is 13.0. The minimum Gasteiger partial charge on any atom is -0.508 e. The molecule has 0 radical (unpaired) electrons. The smallest absolute Gasteiger partial charge is 0.233 e. The average Bonchev–Trinajstić information content (AvgIpc) is 2.67. The Labute approximate surface area is 184 Å². The van der Waals surface area contributed by atoms with E-state index in [1.165, 1.54) is 36.1 Å². The molecule has 0 spiro atoms. The minimum absolute atomic E-state index is 0.00463. The van der Waals surface area contributed by atoms with Crippen molar-refractivity contribution >= 4 is 23.5 Å². The van der Waals surface area contributed by atoms with Crippen molar-refractivity contribution in [2.24, 2.45) is 5.92 Å². The molecular formula is C24H34FNO3S. The molecular weight excluding hydrogens is 401 g/mol. The monoisotopic (exact) mass is 435 g/mol. The molecule has 6 heteroatoms. The van der Waals surface area contributed by atoms with Gasteiger partial charge in [-0.05, 0) is 61.8 Å². The van der Waals surface area contributed by atoms with Crippen molar-refractivity contribution in [3.05, 3.63) is 70.6 Å². The first kappa shape index (κ1) is 27.7. The van der Waals surface area contributed by atoms with Crippen LogP contribution in [0.3, 0.4) is 0 Å². The molecule has 2 unspecified atom stereocenters. The molecule has 1 aliphatic rings. The van der Waals surface area contributed by atoms with E-state index in [2.05, 4.69) is 18.3 Å². The first-order chi connectivity index (χ1) is 14.2. The normalized spacial score (nSPS) is 18.4. The summed E-state index contributed by atoms with van der Waals surface area (Å²) in [5, 5.41) is 11.6. The fourth-order valence-corrected chi connectivity index (χ4v) is 4.01. The topological polar surface area (TPSA) is 66.4 Å². The summed E-state index contributed by atoms with van der Waals surface area (Å²) in [5.41, 5.74) is 0.787. The highest BCUT2D eigenvalue weighted by Crippen LogP contribution is 2.33. The number of benzene rings is 1. The Bertz CT molecular complexity index is 771. The third-order valence-corrected chi connectivity index (χ3v) is 4.97. The van der Waals surface area contributed by atoms with Gasteiger partial charge < -0.3 is 10.4 Å². The Morgan fingerprint density at radius 2 is 2.00 bits per heavy atom. The molecule has 0 bridgehead atoms. The molecule has 30 heavy (non-hydrogen) atoms. The summed E-state index contributed by atoms with van der Waals surface area (Å²) >= 11 is 1.61. The Hall–Kier alpha value is -2.34. The third kappa shape index (κ3) is 12.3. The van der Waals surface area contributed by atoms with E-state index in [0.29, 0.717) is 12.5 Å². The molecule has 1 amide bonds. The first-order valence-electron chi connectivity index (χ1n) is 10.1. The van der Waals surface area contributed by atoms with Crippen LogP contribution in [0.15, 0.2) is 59.2 Å². The lowest BCUT2D eigenvalue weighted by Crippen LogP contribution is -2.34. The summed E-state index contributed by atoms with van der Waals surface area (Å²) in [6, 6.07) is 6.31. The number of allylic oxidation sites excluding steroid dienone is 5. The summed E-state index contributed by atoms with van der Waals surface area (Å²) in [4.78, 5) is 23.6. The second-order valence-corrected chi connectivity index (χ2v) is 8.07. The zero-order valence-corrected chi connectivity index (χ0v) is 19.6. The molecule has 0 aliphatic carbocycles. The molecule has 1 aliphatic heterocycles. The SMILES string of the molecule is C/C=C\C(O)=C/C(C)=O.CC.CC1=CC(C)CC(C(=O)NCc2cccc(F)c2)S1. The van der Waals surface area contributed by atoms with E-state index in [9.17, 15) is 14.0 Å². The summed E-state index contributed by atoms with van der Waals surface area (Å²) in [7, 11) is 0. The zero-order chi connectivity index (χ0) is 23.1. The van der Waals surface area contributed by atoms with Crippen LogP contribution in [0.2, 0.25) is 0 Å². The fraction of sp³-hybridized carbons (Fsp3) is 0.417. The van der Waals surface area contributed by atoms with Gasteiger partial charge in [0.15, 0.2) is 5.78 Å². The minimum atomic E-state index is -0.272. The highest BCUT2D eigenvalue weighted by Gasteiger charge is 2.24. The number of aliphatic hydroxyl groups excluding tert-OH is 1. The van der Waals surface area contributed by atoms with Gasteiger partial charge in [-0.1, -0.05) is 45.1 Å². The molecule has 1 heterocycles. The van der Waals surface area contributed by atoms with Crippen LogP contribution in [0.4, 0.5) is 4.39 Å². The summed E-state index contributed by atoms with van der Waals surface area (Å²) in [6.07, 6.45) is 7.34. The van der Waals surface area contributed by atoms with Crippen LogP contribution < -0.4 is 5.32 Å². The molecule has 2 atom stereocenters. The highest BCUT2D eigenvalue weighted by molar-refractivity contribution is 8.04. The molecule has 0 aromatic heterocycles. The van der Waals surface area contributed by atoms with Crippen LogP contribution in [0.25, 0.3) is 0 Å². The number of amides is 1. The van der Waals surface area contributed by atoms with Crippen LogP contribution in [-0.4, -0.2) is 22.0 Å². The predicted octanol–water partition coefficient (Wildman–Crippen LogP) is 6.11. The number of carbonyl (C=O) groups is 2. The second-order valence-electron chi connectivity index (χ2n) is 6.62. The quantitative estimate of drug-likeness (QED) is 0.333. The number of ketones is 1. The Balaban J connectivity index is 0.000000648. The van der Waals surface area contributed by atoms with Gasteiger partial charge in [0.1, 0.15) is 11.6 Å². The molecule has 4 nitrogen and oxygen atoms in total. The van der Waals surface area contributed by atoms with E-state index >= 15 is 0 Å². The molecule has 2 rings (SSSR count). The fourth-order valence-electron chi connectivity index (χ4n) is 2.66. The lowest BCUT2D eigenvalue weighted by Gasteiger charge is -2.24. The van der Waals surface area contributed by atoms with Crippen molar-refractivity contribution in [1.82, 2.24) is 5.32 Å². The standard InChI is InChI=1S/C15H18FNOS.C7H10O2.C2H6/c1-10-6-11(2)19-14(7-10)15(18)17-9-12-4-3-5-13(16)8-12;1-3-4-7(9)5-6(2)8;1-2/h3-6,8,10,14H,7,9H2,1-2H3,(H,17,18);3-5,9H,1-2H3;1-2H3/b;4-3-,7-5+;. The number of halogens is 1. The average molecular weight is 436 g/mol. The van der Waals surface area contributed by atoms with E-state index in [4.69, 9.17) is 5.11 Å². The van der Waals surface area contributed by atoms with Gasteiger partial charge in [-0.15, -0.1) is 11.8 Å². The van der Waals surface area contributed by atoms with Crippen LogP contribution in [0, 0.1) is 11.7 Å². The van der Waals surface area contributed by atoms with Crippen molar-refractivity contribution < 1.29 is 19.1 Å². The molecule has 166 valence electrons. The maximum absolute atomic E-state index is 13.0. The number of rotatable bonds is 5. The first-order valence-corrected chi connectivity index (χ1v) is 11.0. The lowest BCUT2D eigenvalue weighted by atomic mass is 10.0. The number of aliphatic hydroxyl groups is 1. The summed E-state index contributed by atoms with van der Waals surface area (Å²) in [5.74, 6) is 0.0570.